The van der Waals surface area contributed by atoms with Crippen LogP contribution in [-0.4, -0.2) is 39.4 Å². The van der Waals surface area contributed by atoms with E-state index in [4.69, 9.17) is 11.6 Å². The van der Waals surface area contributed by atoms with E-state index in [1.807, 2.05) is 4.90 Å². The Kier molecular flexibility index (Phi) is 4.00. The third-order valence-corrected chi connectivity index (χ3v) is 6.43. The number of benzene rings is 1. The highest BCUT2D eigenvalue weighted by Crippen LogP contribution is 2.55. The molecule has 2 fully saturated rings. The number of aryl methyl sites for hydroxylation is 1. The van der Waals surface area contributed by atoms with Gasteiger partial charge in [0.2, 0.25) is 0 Å². The Bertz CT molecular complexity index is 1080. The first kappa shape index (κ1) is 19.1. The summed E-state index contributed by atoms with van der Waals surface area (Å²) in [6, 6.07) is 1.12. The van der Waals surface area contributed by atoms with Crippen molar-refractivity contribution in [3.8, 4) is 0 Å². The first-order valence-electron chi connectivity index (χ1n) is 9.39. The van der Waals surface area contributed by atoms with E-state index < -0.39 is 34.3 Å². The predicted molar refractivity (Wildman–Crippen MR) is 103 cm³/mol. The van der Waals surface area contributed by atoms with Crippen molar-refractivity contribution in [2.24, 2.45) is 11.7 Å². The normalized spacial score (nSPS) is 24.8. The lowest BCUT2D eigenvalue weighted by Gasteiger charge is -2.32. The summed E-state index contributed by atoms with van der Waals surface area (Å²) < 4.78 is 30.3. The first-order chi connectivity index (χ1) is 13.0. The van der Waals surface area contributed by atoms with Crippen molar-refractivity contribution in [3.63, 3.8) is 0 Å². The molecule has 0 spiro atoms. The summed E-state index contributed by atoms with van der Waals surface area (Å²) in [7, 11) is 0. The molecule has 28 heavy (non-hydrogen) atoms. The number of nitrogens with zero attached hydrogens (tertiary/aromatic N) is 2. The van der Waals surface area contributed by atoms with E-state index in [0.717, 1.165) is 6.07 Å². The van der Waals surface area contributed by atoms with E-state index in [0.29, 0.717) is 35.2 Å². The van der Waals surface area contributed by atoms with Crippen molar-refractivity contribution < 1.29 is 8.78 Å². The Morgan fingerprint density at radius 1 is 1.29 bits per heavy atom. The molecular formula is C19H25F2N5O2. The minimum absolute atomic E-state index is 0.0161. The second-order valence-corrected chi connectivity index (χ2v) is 8.77. The number of hydrogen-bond acceptors (Lipinski definition) is 5. The van der Waals surface area contributed by atoms with Crippen LogP contribution in [0.3, 0.4) is 0 Å². The van der Waals surface area contributed by atoms with Crippen molar-refractivity contribution in [2.75, 3.05) is 18.9 Å². The predicted octanol–water partition coefficient (Wildman–Crippen LogP) is 0.847. The van der Waals surface area contributed by atoms with Crippen LogP contribution in [0.5, 0.6) is 0 Å². The van der Waals surface area contributed by atoms with Gasteiger partial charge in [0.05, 0.1) is 10.9 Å². The van der Waals surface area contributed by atoms with Crippen LogP contribution in [0.1, 0.15) is 37.8 Å². The molecule has 9 heteroatoms. The molecule has 2 heterocycles. The maximum atomic E-state index is 15.2. The molecule has 0 unspecified atom stereocenters. The number of fused-ring (bicyclic) bond motifs is 1. The zero-order valence-electron chi connectivity index (χ0n) is 16.2. The van der Waals surface area contributed by atoms with E-state index in [2.05, 4.69) is 4.98 Å². The smallest absolute Gasteiger partial charge is 0.332 e. The number of nitrogen functional groups attached to an aromatic ring is 1. The zero-order valence-corrected chi connectivity index (χ0v) is 16.2. The topological polar surface area (TPSA) is 110 Å². The molecule has 4 rings (SSSR count). The van der Waals surface area contributed by atoms with E-state index in [9.17, 15) is 14.0 Å². The quantitative estimate of drug-likeness (QED) is 0.670. The molecule has 1 saturated carbocycles. The average molecular weight is 393 g/mol. The molecule has 0 bridgehead atoms. The van der Waals surface area contributed by atoms with Crippen LogP contribution in [0.25, 0.3) is 10.9 Å². The molecule has 7 nitrogen and oxygen atoms in total. The number of aromatic nitrogens is 2. The monoisotopic (exact) mass is 393 g/mol. The number of halogens is 2. The minimum Gasteiger partial charge on any atom is -0.332 e. The van der Waals surface area contributed by atoms with Gasteiger partial charge in [0.1, 0.15) is 12.0 Å². The summed E-state index contributed by atoms with van der Waals surface area (Å²) in [6.07, 6.45) is 0.267. The largest absolute Gasteiger partial charge is 0.347 e. The standard InChI is InChI=1S/C19H25F2N5O2/c1-9-14(12(20)6-10-15(9)24-17(28)26(23)16(10)27)19(4-5-19)25-7-11(13(21)8-25)18(2,3)22/h6,11,13H,4-5,7-8,22-23H2,1-3H3,(H,24,28)/t11-,13-/m0/s1. The molecule has 2 atom stereocenters. The van der Waals surface area contributed by atoms with Crippen molar-refractivity contribution in [2.45, 2.75) is 50.9 Å². The number of alkyl halides is 1. The van der Waals surface area contributed by atoms with Crippen LogP contribution in [0.4, 0.5) is 8.78 Å². The highest BCUT2D eigenvalue weighted by molar-refractivity contribution is 5.82. The molecule has 1 aliphatic carbocycles. The molecule has 1 aromatic heterocycles. The highest BCUT2D eigenvalue weighted by atomic mass is 19.1. The van der Waals surface area contributed by atoms with Crippen LogP contribution in [-0.2, 0) is 5.54 Å². The summed E-state index contributed by atoms with van der Waals surface area (Å²) in [5.74, 6) is 4.54. The zero-order chi connectivity index (χ0) is 20.6. The molecule has 2 aliphatic rings. The third kappa shape index (κ3) is 2.60. The van der Waals surface area contributed by atoms with Gasteiger partial charge in [-0.15, -0.1) is 0 Å². The second kappa shape index (κ2) is 5.87. The highest BCUT2D eigenvalue weighted by Gasteiger charge is 2.56. The SMILES string of the molecule is Cc1c(C2(N3C[C@H](F)[C@@H](C(C)(C)N)C3)CC2)c(F)cc2c(=O)n(N)c(=O)[nH]c12. The van der Waals surface area contributed by atoms with Gasteiger partial charge in [-0.3, -0.25) is 9.69 Å². The maximum absolute atomic E-state index is 15.2. The number of aromatic amines is 1. The Labute approximate surface area is 160 Å². The Balaban J connectivity index is 1.85. The average Bonchev–Trinajstić information content (AvgIpc) is 3.28. The van der Waals surface area contributed by atoms with Gasteiger partial charge in [0.25, 0.3) is 5.56 Å². The van der Waals surface area contributed by atoms with E-state index in [1.54, 1.807) is 20.8 Å². The molecule has 5 N–H and O–H groups in total. The maximum Gasteiger partial charge on any atom is 0.347 e. The summed E-state index contributed by atoms with van der Waals surface area (Å²) in [4.78, 5) is 28.7. The summed E-state index contributed by atoms with van der Waals surface area (Å²) in [5, 5.41) is 0.0161. The van der Waals surface area contributed by atoms with Gasteiger partial charge in [-0.05, 0) is 45.2 Å². The van der Waals surface area contributed by atoms with Crippen LogP contribution in [0.15, 0.2) is 15.7 Å². The fraction of sp³-hybridized carbons (Fsp3) is 0.579. The molecule has 1 aliphatic heterocycles. The van der Waals surface area contributed by atoms with Crippen molar-refractivity contribution >= 4 is 10.9 Å². The van der Waals surface area contributed by atoms with Gasteiger partial charge in [-0.2, -0.15) is 4.68 Å². The van der Waals surface area contributed by atoms with Gasteiger partial charge >= 0.3 is 5.69 Å². The number of nitrogens with one attached hydrogen (secondary N) is 1. The molecule has 1 saturated heterocycles. The number of H-pyrrole nitrogens is 1. The summed E-state index contributed by atoms with van der Waals surface area (Å²) in [5.41, 5.74) is 4.46. The van der Waals surface area contributed by atoms with Crippen LogP contribution < -0.4 is 22.8 Å². The van der Waals surface area contributed by atoms with Crippen molar-refractivity contribution in [1.29, 1.82) is 0 Å². The van der Waals surface area contributed by atoms with Gasteiger partial charge in [0, 0.05) is 35.6 Å². The molecule has 0 radical (unpaired) electrons. The number of likely N-dealkylation sites (tertiary alicyclic amines) is 1. The fourth-order valence-corrected chi connectivity index (χ4v) is 4.73. The molecule has 2 aromatic rings. The first-order valence-corrected chi connectivity index (χ1v) is 9.39. The summed E-state index contributed by atoms with van der Waals surface area (Å²) >= 11 is 0. The lowest BCUT2D eigenvalue weighted by atomic mass is 9.87. The van der Waals surface area contributed by atoms with Gasteiger partial charge in [-0.1, -0.05) is 0 Å². The fourth-order valence-electron chi connectivity index (χ4n) is 4.73. The van der Waals surface area contributed by atoms with E-state index in [1.165, 1.54) is 0 Å². The molecule has 1 aromatic carbocycles. The van der Waals surface area contributed by atoms with Crippen LogP contribution in [0, 0.1) is 18.7 Å². The molecule has 152 valence electrons. The third-order valence-electron chi connectivity index (χ3n) is 6.43. The second-order valence-electron chi connectivity index (χ2n) is 8.77. The van der Waals surface area contributed by atoms with Crippen molar-refractivity contribution in [1.82, 2.24) is 14.6 Å². The van der Waals surface area contributed by atoms with E-state index >= 15 is 4.39 Å². The van der Waals surface area contributed by atoms with Crippen molar-refractivity contribution in [3.05, 3.63) is 43.8 Å². The Morgan fingerprint density at radius 3 is 2.46 bits per heavy atom. The summed E-state index contributed by atoms with van der Waals surface area (Å²) in [6.45, 7) is 5.89. The Hall–Kier alpha value is -2.26. The van der Waals surface area contributed by atoms with Crippen LogP contribution >= 0.6 is 0 Å². The minimum atomic E-state index is -1.09. The van der Waals surface area contributed by atoms with Crippen LogP contribution in [0.2, 0.25) is 0 Å². The van der Waals surface area contributed by atoms with Gasteiger partial charge < -0.3 is 16.6 Å². The Morgan fingerprint density at radius 2 is 1.93 bits per heavy atom. The lowest BCUT2D eigenvalue weighted by Crippen LogP contribution is -2.46. The number of rotatable bonds is 3. The molecule has 0 amide bonds. The lowest BCUT2D eigenvalue weighted by molar-refractivity contribution is 0.195. The van der Waals surface area contributed by atoms with Gasteiger partial charge in [-0.25, -0.2) is 13.6 Å². The number of hydrogen-bond donors (Lipinski definition) is 3. The van der Waals surface area contributed by atoms with E-state index in [-0.39, 0.29) is 23.4 Å². The number of nitrogens with two attached hydrogens (primary N) is 2. The van der Waals surface area contributed by atoms with Gasteiger partial charge in [0.15, 0.2) is 0 Å². The molecular weight excluding hydrogens is 368 g/mol.